The second kappa shape index (κ2) is 6.97. The monoisotopic (exact) mass is 315 g/mol. The molecule has 1 aliphatic rings. The molecular formula is C18H18FNOS. The molecule has 0 N–H and O–H groups in total. The van der Waals surface area contributed by atoms with Gasteiger partial charge in [-0.15, -0.1) is 0 Å². The van der Waals surface area contributed by atoms with Crippen molar-refractivity contribution in [3.05, 3.63) is 71.5 Å². The minimum Gasteiger partial charge on any atom is -0.338 e. The van der Waals surface area contributed by atoms with Gasteiger partial charge in [0.15, 0.2) is 0 Å². The molecule has 1 amide bonds. The van der Waals surface area contributed by atoms with Gasteiger partial charge in [0, 0.05) is 35.2 Å². The molecule has 1 fully saturated rings. The number of carbonyl (C=O) groups excluding carboxylic acids is 1. The maximum Gasteiger partial charge on any atom is 0.253 e. The van der Waals surface area contributed by atoms with Crippen LogP contribution in [0.5, 0.6) is 0 Å². The van der Waals surface area contributed by atoms with Gasteiger partial charge in [-0.25, -0.2) is 4.39 Å². The number of amides is 1. The molecule has 1 aliphatic heterocycles. The molecule has 3 rings (SSSR count). The van der Waals surface area contributed by atoms with Gasteiger partial charge in [0.05, 0.1) is 0 Å². The Morgan fingerprint density at radius 3 is 2.55 bits per heavy atom. The topological polar surface area (TPSA) is 20.3 Å². The average molecular weight is 315 g/mol. The first-order valence-electron chi connectivity index (χ1n) is 7.46. The Hall–Kier alpha value is -1.81. The summed E-state index contributed by atoms with van der Waals surface area (Å²) >= 11 is 1.73. The summed E-state index contributed by atoms with van der Waals surface area (Å²) in [5, 5.41) is 0.120. The van der Waals surface area contributed by atoms with Gasteiger partial charge >= 0.3 is 0 Å². The number of carbonyl (C=O) groups is 1. The Balaban J connectivity index is 1.70. The van der Waals surface area contributed by atoms with Gasteiger partial charge in [0.25, 0.3) is 5.91 Å². The van der Waals surface area contributed by atoms with Crippen LogP contribution in [0.4, 0.5) is 4.39 Å². The van der Waals surface area contributed by atoms with Crippen molar-refractivity contribution in [3.63, 3.8) is 0 Å². The van der Waals surface area contributed by atoms with E-state index in [0.29, 0.717) is 13.1 Å². The van der Waals surface area contributed by atoms with E-state index in [9.17, 15) is 9.18 Å². The zero-order valence-electron chi connectivity index (χ0n) is 12.2. The molecule has 0 saturated carbocycles. The molecule has 22 heavy (non-hydrogen) atoms. The molecule has 2 aromatic rings. The third-order valence-electron chi connectivity index (χ3n) is 3.90. The minimum absolute atomic E-state index is 0.0652. The molecular weight excluding hydrogens is 297 g/mol. The Bertz CT molecular complexity index is 647. The van der Waals surface area contributed by atoms with E-state index >= 15 is 0 Å². The summed E-state index contributed by atoms with van der Waals surface area (Å²) in [7, 11) is 0. The van der Waals surface area contributed by atoms with Crippen LogP contribution in [0.15, 0.2) is 54.6 Å². The van der Waals surface area contributed by atoms with Crippen LogP contribution in [0.2, 0.25) is 0 Å². The number of hydrogen-bond donors (Lipinski definition) is 0. The molecule has 0 aliphatic carbocycles. The second-order valence-electron chi connectivity index (χ2n) is 5.33. The molecule has 1 atom stereocenters. The van der Waals surface area contributed by atoms with E-state index in [4.69, 9.17) is 0 Å². The van der Waals surface area contributed by atoms with Crippen molar-refractivity contribution in [1.82, 2.24) is 4.90 Å². The van der Waals surface area contributed by atoms with Crippen molar-refractivity contribution in [2.45, 2.75) is 11.7 Å². The van der Waals surface area contributed by atoms with Crippen molar-refractivity contribution >= 4 is 17.7 Å². The molecule has 1 heterocycles. The highest BCUT2D eigenvalue weighted by atomic mass is 32.2. The molecule has 0 aromatic heterocycles. The summed E-state index contributed by atoms with van der Waals surface area (Å²) in [4.78, 5) is 14.4. The molecule has 0 radical (unpaired) electrons. The Labute approximate surface area is 134 Å². The fraction of sp³-hybridized carbons (Fsp3) is 0.278. The van der Waals surface area contributed by atoms with Crippen LogP contribution < -0.4 is 0 Å². The predicted molar refractivity (Wildman–Crippen MR) is 88.6 cm³/mol. The lowest BCUT2D eigenvalue weighted by Crippen LogP contribution is -2.32. The SMILES string of the molecule is O=C(c1ccccc1)N1CCSC(c2ccccc2F)CC1. The van der Waals surface area contributed by atoms with Crippen LogP contribution in [-0.2, 0) is 0 Å². The van der Waals surface area contributed by atoms with Gasteiger partial charge in [-0.2, -0.15) is 11.8 Å². The Kier molecular flexibility index (Phi) is 4.78. The Morgan fingerprint density at radius 2 is 1.77 bits per heavy atom. The lowest BCUT2D eigenvalue weighted by Gasteiger charge is -2.20. The van der Waals surface area contributed by atoms with E-state index in [1.54, 1.807) is 17.8 Å². The van der Waals surface area contributed by atoms with E-state index in [2.05, 4.69) is 0 Å². The maximum absolute atomic E-state index is 13.9. The lowest BCUT2D eigenvalue weighted by atomic mass is 10.1. The summed E-state index contributed by atoms with van der Waals surface area (Å²) in [6, 6.07) is 16.3. The normalized spacial score (nSPS) is 18.8. The van der Waals surface area contributed by atoms with E-state index in [1.807, 2.05) is 47.4 Å². The zero-order valence-corrected chi connectivity index (χ0v) is 13.1. The van der Waals surface area contributed by atoms with Crippen LogP contribution in [-0.4, -0.2) is 29.6 Å². The van der Waals surface area contributed by atoms with Gasteiger partial charge in [-0.05, 0) is 24.6 Å². The predicted octanol–water partition coefficient (Wildman–Crippen LogP) is 4.15. The molecule has 1 saturated heterocycles. The number of hydrogen-bond acceptors (Lipinski definition) is 2. The van der Waals surface area contributed by atoms with Gasteiger partial charge in [0.1, 0.15) is 5.82 Å². The number of benzene rings is 2. The van der Waals surface area contributed by atoms with Crippen LogP contribution in [0.3, 0.4) is 0 Å². The zero-order chi connectivity index (χ0) is 15.4. The minimum atomic E-state index is -0.150. The third-order valence-corrected chi connectivity index (χ3v) is 5.21. The average Bonchev–Trinajstić information content (AvgIpc) is 2.81. The quantitative estimate of drug-likeness (QED) is 0.830. The fourth-order valence-corrected chi connectivity index (χ4v) is 3.97. The van der Waals surface area contributed by atoms with Crippen molar-refractivity contribution in [2.75, 3.05) is 18.8 Å². The lowest BCUT2D eigenvalue weighted by molar-refractivity contribution is 0.0766. The molecule has 2 nitrogen and oxygen atoms in total. The van der Waals surface area contributed by atoms with Crippen LogP contribution in [0, 0.1) is 5.82 Å². The van der Waals surface area contributed by atoms with Gasteiger partial charge in [-0.1, -0.05) is 36.4 Å². The summed E-state index contributed by atoms with van der Waals surface area (Å²) in [6.07, 6.45) is 0.782. The highest BCUT2D eigenvalue weighted by Gasteiger charge is 2.24. The fourth-order valence-electron chi connectivity index (χ4n) is 2.72. The highest BCUT2D eigenvalue weighted by Crippen LogP contribution is 2.35. The van der Waals surface area contributed by atoms with Crippen molar-refractivity contribution in [2.24, 2.45) is 0 Å². The van der Waals surface area contributed by atoms with Crippen molar-refractivity contribution < 1.29 is 9.18 Å². The van der Waals surface area contributed by atoms with Crippen LogP contribution in [0.25, 0.3) is 0 Å². The highest BCUT2D eigenvalue weighted by molar-refractivity contribution is 7.99. The second-order valence-corrected chi connectivity index (χ2v) is 6.64. The smallest absolute Gasteiger partial charge is 0.253 e. The number of thioether (sulfide) groups is 1. The molecule has 2 aromatic carbocycles. The first-order valence-corrected chi connectivity index (χ1v) is 8.51. The maximum atomic E-state index is 13.9. The molecule has 0 bridgehead atoms. The van der Waals surface area contributed by atoms with Crippen molar-refractivity contribution in [1.29, 1.82) is 0 Å². The number of nitrogens with zero attached hydrogens (tertiary/aromatic N) is 1. The largest absolute Gasteiger partial charge is 0.338 e. The first-order chi connectivity index (χ1) is 10.8. The summed E-state index contributed by atoms with van der Waals surface area (Å²) < 4.78 is 13.9. The van der Waals surface area contributed by atoms with E-state index < -0.39 is 0 Å². The standard InChI is InChI=1S/C18H18FNOS/c19-16-9-5-4-8-15(16)17-10-11-20(12-13-22-17)18(21)14-6-2-1-3-7-14/h1-9,17H,10-13H2. The van der Waals surface area contributed by atoms with E-state index in [1.165, 1.54) is 6.07 Å². The van der Waals surface area contributed by atoms with Crippen LogP contribution in [0.1, 0.15) is 27.6 Å². The number of halogens is 1. The van der Waals surface area contributed by atoms with Gasteiger partial charge < -0.3 is 4.90 Å². The third kappa shape index (κ3) is 3.33. The van der Waals surface area contributed by atoms with Crippen LogP contribution >= 0.6 is 11.8 Å². The summed E-state index contributed by atoms with van der Waals surface area (Å²) in [6.45, 7) is 1.38. The first kappa shape index (κ1) is 15.1. The molecule has 114 valence electrons. The van der Waals surface area contributed by atoms with Gasteiger partial charge in [-0.3, -0.25) is 4.79 Å². The summed E-state index contributed by atoms with van der Waals surface area (Å²) in [5.41, 5.74) is 1.47. The van der Waals surface area contributed by atoms with E-state index in [-0.39, 0.29) is 17.0 Å². The van der Waals surface area contributed by atoms with Crippen molar-refractivity contribution in [3.8, 4) is 0 Å². The number of rotatable bonds is 2. The van der Waals surface area contributed by atoms with E-state index in [0.717, 1.165) is 23.3 Å². The molecule has 1 unspecified atom stereocenters. The molecule has 0 spiro atoms. The molecule has 4 heteroatoms. The summed E-state index contributed by atoms with van der Waals surface area (Å²) in [5.74, 6) is 0.746. The Morgan fingerprint density at radius 1 is 1.05 bits per heavy atom. The van der Waals surface area contributed by atoms with Gasteiger partial charge in [0.2, 0.25) is 0 Å².